The van der Waals surface area contributed by atoms with E-state index in [2.05, 4.69) is 5.32 Å². The zero-order valence-corrected chi connectivity index (χ0v) is 14.5. The van der Waals surface area contributed by atoms with Crippen molar-refractivity contribution in [1.82, 2.24) is 4.90 Å². The van der Waals surface area contributed by atoms with Crippen LogP contribution in [0, 0.1) is 19.7 Å². The number of ether oxygens (including phenoxy) is 1. The van der Waals surface area contributed by atoms with Gasteiger partial charge in [0, 0.05) is 12.2 Å². The number of methoxy groups -OCH3 is 1. The second kappa shape index (κ2) is 7.93. The highest BCUT2D eigenvalue weighted by atomic mass is 19.1. The van der Waals surface area contributed by atoms with Gasteiger partial charge in [-0.25, -0.2) is 4.39 Å². The number of hydrogen-bond acceptors (Lipinski definition) is 3. The third-order valence-corrected chi connectivity index (χ3v) is 3.74. The highest BCUT2D eigenvalue weighted by Gasteiger charge is 2.10. The van der Waals surface area contributed by atoms with E-state index in [1.807, 2.05) is 44.0 Å². The molecule has 0 heterocycles. The van der Waals surface area contributed by atoms with Crippen LogP contribution in [0.3, 0.4) is 0 Å². The Bertz CT molecular complexity index is 731. The van der Waals surface area contributed by atoms with Gasteiger partial charge in [0.2, 0.25) is 5.91 Å². The van der Waals surface area contributed by atoms with E-state index < -0.39 is 5.82 Å². The number of benzene rings is 2. The van der Waals surface area contributed by atoms with E-state index in [-0.39, 0.29) is 18.2 Å². The fourth-order valence-electron chi connectivity index (χ4n) is 2.56. The molecule has 128 valence electrons. The number of likely N-dealkylation sites (N-methyl/N-ethyl adjacent to an activating group) is 1. The van der Waals surface area contributed by atoms with Crippen LogP contribution in [0.15, 0.2) is 36.4 Å². The molecule has 0 radical (unpaired) electrons. The van der Waals surface area contributed by atoms with Gasteiger partial charge in [-0.2, -0.15) is 0 Å². The number of halogens is 1. The van der Waals surface area contributed by atoms with Crippen molar-refractivity contribution in [2.24, 2.45) is 0 Å². The summed E-state index contributed by atoms with van der Waals surface area (Å²) < 4.78 is 18.6. The van der Waals surface area contributed by atoms with Gasteiger partial charge in [-0.05, 0) is 50.2 Å². The van der Waals surface area contributed by atoms with E-state index in [0.717, 1.165) is 22.4 Å². The molecule has 1 N–H and O–H groups in total. The van der Waals surface area contributed by atoms with Gasteiger partial charge in [0.05, 0.1) is 13.7 Å². The second-order valence-corrected chi connectivity index (χ2v) is 6.01. The summed E-state index contributed by atoms with van der Waals surface area (Å²) >= 11 is 0. The summed E-state index contributed by atoms with van der Waals surface area (Å²) in [5, 5.41) is 2.91. The lowest BCUT2D eigenvalue weighted by molar-refractivity contribution is -0.117. The topological polar surface area (TPSA) is 41.6 Å². The minimum atomic E-state index is -0.400. The SMILES string of the molecule is COc1ccc(CN(C)CC(=O)Nc2ccc(C)cc2C)cc1F. The molecule has 0 fully saturated rings. The number of amides is 1. The van der Waals surface area contributed by atoms with Crippen molar-refractivity contribution in [3.05, 3.63) is 58.9 Å². The molecular weight excluding hydrogens is 307 g/mol. The molecule has 0 bridgehead atoms. The summed E-state index contributed by atoms with van der Waals surface area (Å²) in [7, 11) is 3.26. The smallest absolute Gasteiger partial charge is 0.238 e. The number of anilines is 1. The van der Waals surface area contributed by atoms with Crippen LogP contribution in [0.25, 0.3) is 0 Å². The molecule has 1 amide bonds. The van der Waals surface area contributed by atoms with Crippen molar-refractivity contribution in [1.29, 1.82) is 0 Å². The Morgan fingerprint density at radius 1 is 1.21 bits per heavy atom. The molecule has 2 aromatic rings. The Morgan fingerprint density at radius 3 is 2.58 bits per heavy atom. The van der Waals surface area contributed by atoms with Gasteiger partial charge in [-0.1, -0.05) is 23.8 Å². The Morgan fingerprint density at radius 2 is 1.96 bits per heavy atom. The molecule has 0 aliphatic heterocycles. The molecule has 0 saturated heterocycles. The molecule has 0 unspecified atom stereocenters. The average Bonchev–Trinajstić information content (AvgIpc) is 2.50. The lowest BCUT2D eigenvalue weighted by Crippen LogP contribution is -2.30. The minimum Gasteiger partial charge on any atom is -0.494 e. The van der Waals surface area contributed by atoms with E-state index >= 15 is 0 Å². The zero-order chi connectivity index (χ0) is 17.7. The Kier molecular flexibility index (Phi) is 5.93. The van der Waals surface area contributed by atoms with Gasteiger partial charge < -0.3 is 10.1 Å². The molecule has 2 aromatic carbocycles. The first-order valence-electron chi connectivity index (χ1n) is 7.77. The van der Waals surface area contributed by atoms with Gasteiger partial charge in [0.25, 0.3) is 0 Å². The summed E-state index contributed by atoms with van der Waals surface area (Å²) in [4.78, 5) is 14.0. The number of aryl methyl sites for hydroxylation is 2. The fourth-order valence-corrected chi connectivity index (χ4v) is 2.56. The predicted octanol–water partition coefficient (Wildman–Crippen LogP) is 3.52. The summed E-state index contributed by atoms with van der Waals surface area (Å²) in [5.41, 5.74) is 3.79. The number of rotatable bonds is 6. The number of nitrogens with one attached hydrogen (secondary N) is 1. The highest BCUT2D eigenvalue weighted by molar-refractivity contribution is 5.92. The molecule has 0 atom stereocenters. The van der Waals surface area contributed by atoms with Gasteiger partial charge in [-0.3, -0.25) is 9.69 Å². The van der Waals surface area contributed by atoms with Crippen molar-refractivity contribution in [3.8, 4) is 5.75 Å². The van der Waals surface area contributed by atoms with E-state index in [0.29, 0.717) is 6.54 Å². The zero-order valence-electron chi connectivity index (χ0n) is 14.5. The molecule has 5 heteroatoms. The number of nitrogens with zero attached hydrogens (tertiary/aromatic N) is 1. The van der Waals surface area contributed by atoms with Gasteiger partial charge >= 0.3 is 0 Å². The maximum absolute atomic E-state index is 13.7. The monoisotopic (exact) mass is 330 g/mol. The largest absolute Gasteiger partial charge is 0.494 e. The Labute approximate surface area is 142 Å². The first-order chi connectivity index (χ1) is 11.4. The van der Waals surface area contributed by atoms with Crippen LogP contribution < -0.4 is 10.1 Å². The van der Waals surface area contributed by atoms with Crippen LogP contribution in [0.2, 0.25) is 0 Å². The summed E-state index contributed by atoms with van der Waals surface area (Å²) in [6.45, 7) is 4.68. The van der Waals surface area contributed by atoms with Crippen LogP contribution in [-0.4, -0.2) is 31.5 Å². The van der Waals surface area contributed by atoms with Crippen LogP contribution in [0.1, 0.15) is 16.7 Å². The van der Waals surface area contributed by atoms with Gasteiger partial charge in [0.1, 0.15) is 0 Å². The second-order valence-electron chi connectivity index (χ2n) is 6.01. The Balaban J connectivity index is 1.92. The lowest BCUT2D eigenvalue weighted by atomic mass is 10.1. The van der Waals surface area contributed by atoms with Crippen molar-refractivity contribution >= 4 is 11.6 Å². The summed E-state index contributed by atoms with van der Waals surface area (Å²) in [5.74, 6) is -0.282. The molecule has 0 aliphatic rings. The maximum Gasteiger partial charge on any atom is 0.238 e. The van der Waals surface area contributed by atoms with Crippen LogP contribution >= 0.6 is 0 Å². The van der Waals surface area contributed by atoms with Crippen LogP contribution in [0.4, 0.5) is 10.1 Å². The fraction of sp³-hybridized carbons (Fsp3) is 0.316. The van der Waals surface area contributed by atoms with E-state index in [1.165, 1.54) is 13.2 Å². The third kappa shape index (κ3) is 4.80. The van der Waals surface area contributed by atoms with E-state index in [4.69, 9.17) is 4.74 Å². The number of carbonyl (C=O) groups is 1. The first kappa shape index (κ1) is 17.9. The van der Waals surface area contributed by atoms with Crippen LogP contribution in [-0.2, 0) is 11.3 Å². The predicted molar refractivity (Wildman–Crippen MR) is 93.8 cm³/mol. The quantitative estimate of drug-likeness (QED) is 0.881. The Hall–Kier alpha value is -2.40. The summed E-state index contributed by atoms with van der Waals surface area (Å²) in [6.07, 6.45) is 0. The average molecular weight is 330 g/mol. The number of carbonyl (C=O) groups excluding carboxylic acids is 1. The molecule has 4 nitrogen and oxygen atoms in total. The molecule has 0 saturated carbocycles. The summed E-state index contributed by atoms with van der Waals surface area (Å²) in [6, 6.07) is 10.7. The molecule has 0 aromatic heterocycles. The molecule has 2 rings (SSSR count). The standard InChI is InChI=1S/C19H23FN2O2/c1-13-5-7-17(14(2)9-13)21-19(23)12-22(3)11-15-6-8-18(24-4)16(20)10-15/h5-10H,11-12H2,1-4H3,(H,21,23). The minimum absolute atomic E-state index is 0.0987. The van der Waals surface area contributed by atoms with E-state index in [1.54, 1.807) is 12.1 Å². The van der Waals surface area contributed by atoms with Crippen LogP contribution in [0.5, 0.6) is 5.75 Å². The normalized spacial score (nSPS) is 10.8. The first-order valence-corrected chi connectivity index (χ1v) is 7.77. The molecule has 0 spiro atoms. The molecular formula is C19H23FN2O2. The lowest BCUT2D eigenvalue weighted by Gasteiger charge is -2.17. The van der Waals surface area contributed by atoms with Crippen molar-refractivity contribution in [2.45, 2.75) is 20.4 Å². The molecule has 24 heavy (non-hydrogen) atoms. The maximum atomic E-state index is 13.7. The number of hydrogen-bond donors (Lipinski definition) is 1. The van der Waals surface area contributed by atoms with Gasteiger partial charge in [-0.15, -0.1) is 0 Å². The van der Waals surface area contributed by atoms with Crippen molar-refractivity contribution in [3.63, 3.8) is 0 Å². The van der Waals surface area contributed by atoms with Crippen molar-refractivity contribution in [2.75, 3.05) is 26.0 Å². The van der Waals surface area contributed by atoms with E-state index in [9.17, 15) is 9.18 Å². The third-order valence-electron chi connectivity index (χ3n) is 3.74. The van der Waals surface area contributed by atoms with Crippen molar-refractivity contribution < 1.29 is 13.9 Å². The van der Waals surface area contributed by atoms with Gasteiger partial charge in [0.15, 0.2) is 11.6 Å². The highest BCUT2D eigenvalue weighted by Crippen LogP contribution is 2.19. The molecule has 0 aliphatic carbocycles.